The molecule has 0 radical (unpaired) electrons. The molecule has 5 nitrogen and oxygen atoms in total. The number of aromatic nitrogens is 2. The van der Waals surface area contributed by atoms with Gasteiger partial charge in [-0.05, 0) is 28.4 Å². The van der Waals surface area contributed by atoms with Crippen LogP contribution in [0.3, 0.4) is 0 Å². The molecule has 1 aromatic rings. The van der Waals surface area contributed by atoms with Gasteiger partial charge in [0.15, 0.2) is 0 Å². The van der Waals surface area contributed by atoms with Crippen molar-refractivity contribution in [3.05, 3.63) is 10.4 Å². The highest BCUT2D eigenvalue weighted by molar-refractivity contribution is 9.10. The van der Waals surface area contributed by atoms with E-state index in [1.807, 2.05) is 0 Å². The average molecular weight is 411 g/mol. The fraction of sp³-hybridized carbons (Fsp3) is 0.786. The predicted octanol–water partition coefficient (Wildman–Crippen LogP) is 3.83. The Morgan fingerprint density at radius 2 is 2.05 bits per heavy atom. The number of rotatable bonds is 9. The summed E-state index contributed by atoms with van der Waals surface area (Å²) in [6, 6.07) is 1.07. The molecule has 0 aliphatic carbocycles. The third kappa shape index (κ3) is 6.28. The normalized spacial score (nSPS) is 15.0. The van der Waals surface area contributed by atoms with Crippen molar-refractivity contribution in [1.82, 2.24) is 9.55 Å². The number of imidazole rings is 1. The number of nitrogens with zero attached hydrogens (tertiary/aromatic N) is 2. The molecule has 0 bridgehead atoms. The van der Waals surface area contributed by atoms with Gasteiger partial charge in [0.1, 0.15) is 22.6 Å². The number of ether oxygens (including phenoxy) is 1. The molecule has 22 heavy (non-hydrogen) atoms. The quantitative estimate of drug-likeness (QED) is 0.381. The Morgan fingerprint density at radius 3 is 2.55 bits per heavy atom. The molecule has 0 spiro atoms. The van der Waals surface area contributed by atoms with Gasteiger partial charge >= 0.3 is 0 Å². The first-order valence-electron chi connectivity index (χ1n) is 7.69. The van der Waals surface area contributed by atoms with E-state index >= 15 is 0 Å². The van der Waals surface area contributed by atoms with E-state index in [1.165, 1.54) is 6.66 Å². The van der Waals surface area contributed by atoms with Crippen LogP contribution in [0, 0.1) is 0 Å². The van der Waals surface area contributed by atoms with E-state index in [2.05, 4.69) is 47.5 Å². The summed E-state index contributed by atoms with van der Waals surface area (Å²) < 4.78 is 20.2. The Hall–Kier alpha value is 0.0569. The largest absolute Gasteiger partial charge is 0.361 e. The van der Waals surface area contributed by atoms with Crippen LogP contribution in [0.15, 0.2) is 4.60 Å². The van der Waals surface area contributed by atoms with Crippen molar-refractivity contribution in [3.63, 3.8) is 0 Å². The van der Waals surface area contributed by atoms with Gasteiger partial charge < -0.3 is 9.63 Å². The highest BCUT2D eigenvalue weighted by Gasteiger charge is 2.27. The van der Waals surface area contributed by atoms with E-state index in [1.54, 1.807) is 4.57 Å². The van der Waals surface area contributed by atoms with E-state index in [4.69, 9.17) is 4.74 Å². The van der Waals surface area contributed by atoms with Crippen LogP contribution in [-0.2, 0) is 22.5 Å². The van der Waals surface area contributed by atoms with Crippen molar-refractivity contribution in [2.24, 2.45) is 0 Å². The van der Waals surface area contributed by atoms with Crippen molar-refractivity contribution < 1.29 is 14.2 Å². The minimum Gasteiger partial charge on any atom is -0.361 e. The van der Waals surface area contributed by atoms with Crippen molar-refractivity contribution >= 4 is 36.8 Å². The van der Waals surface area contributed by atoms with Crippen molar-refractivity contribution in [2.45, 2.75) is 58.6 Å². The minimum atomic E-state index is -3.40. The lowest BCUT2D eigenvalue weighted by Gasteiger charge is -2.17. The molecule has 0 fully saturated rings. The maximum absolute atomic E-state index is 12.2. The van der Waals surface area contributed by atoms with Crippen LogP contribution >= 0.6 is 23.3 Å². The van der Waals surface area contributed by atoms with Crippen molar-refractivity contribution in [1.29, 1.82) is 0 Å². The van der Waals surface area contributed by atoms with Crippen LogP contribution in [0.25, 0.3) is 0 Å². The Balaban J connectivity index is 2.90. The van der Waals surface area contributed by atoms with Crippen molar-refractivity contribution in [3.8, 4) is 0 Å². The van der Waals surface area contributed by atoms with Crippen LogP contribution in [0.2, 0.25) is 25.7 Å². The van der Waals surface area contributed by atoms with E-state index in [0.29, 0.717) is 16.6 Å². The lowest BCUT2D eigenvalue weighted by molar-refractivity contribution is 0.0868. The van der Waals surface area contributed by atoms with Gasteiger partial charge in [-0.3, -0.25) is 9.13 Å². The summed E-state index contributed by atoms with van der Waals surface area (Å²) in [5.74, 6) is 0.813. The summed E-state index contributed by atoms with van der Waals surface area (Å²) in [7, 11) is -4.54. The number of halogens is 1. The molecule has 1 heterocycles. The third-order valence-corrected chi connectivity index (χ3v) is 7.15. The maximum Gasteiger partial charge on any atom is 0.245 e. The van der Waals surface area contributed by atoms with Crippen molar-refractivity contribution in [2.75, 3.05) is 13.3 Å². The molecule has 0 aliphatic heterocycles. The van der Waals surface area contributed by atoms with Crippen LogP contribution in [-0.4, -0.2) is 35.8 Å². The van der Waals surface area contributed by atoms with Gasteiger partial charge in [0.2, 0.25) is 7.37 Å². The van der Waals surface area contributed by atoms with Gasteiger partial charge in [0, 0.05) is 27.8 Å². The Bertz CT molecular complexity index is 537. The number of hydrogen-bond donors (Lipinski definition) is 1. The summed E-state index contributed by atoms with van der Waals surface area (Å²) >= 11 is 3.32. The van der Waals surface area contributed by atoms with Gasteiger partial charge in [-0.1, -0.05) is 33.0 Å². The fourth-order valence-electron chi connectivity index (χ4n) is 2.05. The van der Waals surface area contributed by atoms with Gasteiger partial charge in [-0.2, -0.15) is 0 Å². The van der Waals surface area contributed by atoms with E-state index in [0.717, 1.165) is 31.1 Å². The lowest BCUT2D eigenvalue weighted by Crippen LogP contribution is -2.25. The topological polar surface area (TPSA) is 64.3 Å². The summed E-state index contributed by atoms with van der Waals surface area (Å²) in [6.07, 6.45) is 2.84. The fourth-order valence-corrected chi connectivity index (χ4v) is 5.22. The van der Waals surface area contributed by atoms with Crippen LogP contribution in [0.4, 0.5) is 0 Å². The highest BCUT2D eigenvalue weighted by Crippen LogP contribution is 2.37. The van der Waals surface area contributed by atoms with E-state index in [9.17, 15) is 9.46 Å². The second kappa shape index (κ2) is 8.24. The zero-order valence-corrected chi connectivity index (χ0v) is 17.7. The maximum atomic E-state index is 12.2. The molecule has 0 saturated heterocycles. The van der Waals surface area contributed by atoms with Gasteiger partial charge in [-0.15, -0.1) is 0 Å². The standard InChI is InChI=1S/C14H28BrN2O3PSi/c1-6-7-8-12-16-13(15)14(21(2,18)19)17(12)11-20-9-10-22(3,4)5/h6-11H2,1-5H3,(H,18,19). The SMILES string of the molecule is CCCCc1nc(Br)c(P(C)(=O)O)n1COCC[Si](C)(C)C. The molecule has 0 amide bonds. The molecule has 0 aliphatic rings. The van der Waals surface area contributed by atoms with Gasteiger partial charge in [-0.25, -0.2) is 4.98 Å². The molecule has 1 unspecified atom stereocenters. The Kier molecular flexibility index (Phi) is 7.53. The molecule has 1 rings (SSSR count). The molecule has 128 valence electrons. The zero-order valence-electron chi connectivity index (χ0n) is 14.2. The third-order valence-electron chi connectivity index (χ3n) is 3.34. The number of aryl methyl sites for hydroxylation is 1. The molecule has 1 aromatic heterocycles. The first-order valence-corrected chi connectivity index (χ1v) is 14.3. The predicted molar refractivity (Wildman–Crippen MR) is 98.0 cm³/mol. The van der Waals surface area contributed by atoms with Gasteiger partial charge in [0.25, 0.3) is 0 Å². The van der Waals surface area contributed by atoms with Gasteiger partial charge in [0.05, 0.1) is 0 Å². The average Bonchev–Trinajstić information content (AvgIpc) is 2.67. The first kappa shape index (κ1) is 20.1. The van der Waals surface area contributed by atoms with Crippen LogP contribution in [0.1, 0.15) is 25.6 Å². The Labute approximate surface area is 143 Å². The number of unbranched alkanes of at least 4 members (excludes halogenated alkanes) is 1. The van der Waals surface area contributed by atoms with E-state index in [-0.39, 0.29) is 6.73 Å². The summed E-state index contributed by atoms with van der Waals surface area (Å²) in [5.41, 5.74) is 0.353. The lowest BCUT2D eigenvalue weighted by atomic mass is 10.2. The molecular formula is C14H28BrN2O3PSi. The molecule has 1 N–H and O–H groups in total. The summed E-state index contributed by atoms with van der Waals surface area (Å²) in [6.45, 7) is 11.3. The summed E-state index contributed by atoms with van der Waals surface area (Å²) in [5, 5.41) is 0. The van der Waals surface area contributed by atoms with E-state index < -0.39 is 15.4 Å². The first-order chi connectivity index (χ1) is 10.1. The zero-order chi connectivity index (χ0) is 17.0. The number of hydrogen-bond acceptors (Lipinski definition) is 3. The summed E-state index contributed by atoms with van der Waals surface area (Å²) in [4.78, 5) is 14.4. The molecule has 8 heteroatoms. The minimum absolute atomic E-state index is 0.288. The second-order valence-electron chi connectivity index (χ2n) is 6.90. The second-order valence-corrected chi connectivity index (χ2v) is 15.5. The molecule has 1 atom stereocenters. The molecule has 0 aromatic carbocycles. The van der Waals surface area contributed by atoms with Crippen LogP contribution in [0.5, 0.6) is 0 Å². The monoisotopic (exact) mass is 410 g/mol. The Morgan fingerprint density at radius 1 is 1.41 bits per heavy atom. The smallest absolute Gasteiger partial charge is 0.245 e. The van der Waals surface area contributed by atoms with Crippen LogP contribution < -0.4 is 5.44 Å². The highest BCUT2D eigenvalue weighted by atomic mass is 79.9. The molecular weight excluding hydrogens is 383 g/mol. The molecule has 0 saturated carbocycles.